The number of pyridine rings is 2. The highest BCUT2D eigenvalue weighted by Crippen LogP contribution is 2.19. The molecule has 0 aliphatic heterocycles. The molecule has 2 aromatic heterocycles. The van der Waals surface area contributed by atoms with Crippen LogP contribution in [-0.4, -0.2) is 28.5 Å². The molecule has 6 heteroatoms. The lowest BCUT2D eigenvalue weighted by atomic mass is 10.2. The maximum absolute atomic E-state index is 13.5. The van der Waals surface area contributed by atoms with Crippen molar-refractivity contribution in [2.24, 2.45) is 4.99 Å². The molecule has 0 saturated carbocycles. The van der Waals surface area contributed by atoms with Gasteiger partial charge in [0.05, 0.1) is 6.54 Å². The second-order valence-corrected chi connectivity index (χ2v) is 6.34. The summed E-state index contributed by atoms with van der Waals surface area (Å²) < 4.78 is 18.9. The summed E-state index contributed by atoms with van der Waals surface area (Å²) in [5.74, 6) is 0.445. The summed E-state index contributed by atoms with van der Waals surface area (Å²) in [4.78, 5) is 12.8. The smallest absolute Gasteiger partial charge is 0.216 e. The van der Waals surface area contributed by atoms with E-state index in [0.29, 0.717) is 18.1 Å². The number of aromatic nitrogens is 2. The van der Waals surface area contributed by atoms with Gasteiger partial charge in [0.1, 0.15) is 12.3 Å². The number of halogens is 1. The van der Waals surface area contributed by atoms with Crippen molar-refractivity contribution in [2.75, 3.05) is 12.3 Å². The Morgan fingerprint density at radius 1 is 1.33 bits per heavy atom. The maximum atomic E-state index is 13.5. The highest BCUT2D eigenvalue weighted by Gasteiger charge is 2.17. The van der Waals surface area contributed by atoms with Gasteiger partial charge in [0, 0.05) is 41.1 Å². The molecular weight excluding hydrogens is 307 g/mol. The molecule has 0 fully saturated rings. The zero-order chi connectivity index (χ0) is 17.7. The number of rotatable bonds is 6. The number of alkyl halides is 1. The monoisotopic (exact) mass is 330 g/mol. The first-order valence-corrected chi connectivity index (χ1v) is 7.74. The van der Waals surface area contributed by atoms with Crippen LogP contribution in [-0.2, 0) is 6.54 Å². The van der Waals surface area contributed by atoms with Crippen molar-refractivity contribution in [3.05, 3.63) is 46.9 Å². The van der Waals surface area contributed by atoms with E-state index in [9.17, 15) is 4.39 Å². The lowest BCUT2D eigenvalue weighted by Gasteiger charge is -2.15. The zero-order valence-electron chi connectivity index (χ0n) is 14.5. The van der Waals surface area contributed by atoms with Gasteiger partial charge >= 0.3 is 0 Å². The van der Waals surface area contributed by atoms with Crippen LogP contribution in [0.3, 0.4) is 0 Å². The summed E-state index contributed by atoms with van der Waals surface area (Å²) in [6.07, 6.45) is 5.08. The van der Waals surface area contributed by atoms with Crippen molar-refractivity contribution < 1.29 is 9.13 Å². The molecule has 0 aliphatic rings. The molecule has 2 N–H and O–H groups in total. The highest BCUT2D eigenvalue weighted by atomic mass is 19.1. The van der Waals surface area contributed by atoms with Gasteiger partial charge in [0.25, 0.3) is 0 Å². The Balaban J connectivity index is 2.03. The van der Waals surface area contributed by atoms with Crippen molar-refractivity contribution in [1.82, 2.24) is 9.97 Å². The van der Waals surface area contributed by atoms with E-state index >= 15 is 0 Å². The molecule has 0 unspecified atom stereocenters. The van der Waals surface area contributed by atoms with E-state index in [1.165, 1.54) is 13.8 Å². The normalized spacial score (nSPS) is 11.9. The van der Waals surface area contributed by atoms with Crippen molar-refractivity contribution in [3.8, 4) is 5.88 Å². The molecule has 128 valence electrons. The average molecular weight is 330 g/mol. The number of hydrogen-bond acceptors (Lipinski definition) is 5. The Kier molecular flexibility index (Phi) is 5.49. The van der Waals surface area contributed by atoms with Crippen molar-refractivity contribution in [1.29, 1.82) is 0 Å². The first kappa shape index (κ1) is 17.8. The minimum Gasteiger partial charge on any atom is -0.474 e. The number of ether oxygens (including phenoxy) is 1. The fraction of sp³-hybridized carbons (Fsp3) is 0.389. The van der Waals surface area contributed by atoms with E-state index in [4.69, 9.17) is 10.5 Å². The molecular formula is C18H23FN4O. The second-order valence-electron chi connectivity index (χ2n) is 6.34. The van der Waals surface area contributed by atoms with Crippen LogP contribution in [0.15, 0.2) is 29.5 Å². The third kappa shape index (κ3) is 5.01. The molecule has 0 radical (unpaired) electrons. The Bertz CT molecular complexity index is 718. The molecule has 0 atom stereocenters. The van der Waals surface area contributed by atoms with E-state index in [1.807, 2.05) is 19.9 Å². The van der Waals surface area contributed by atoms with Crippen LogP contribution in [0.2, 0.25) is 0 Å². The minimum atomic E-state index is -1.39. The van der Waals surface area contributed by atoms with Crippen LogP contribution in [0.5, 0.6) is 5.88 Å². The van der Waals surface area contributed by atoms with Gasteiger partial charge in [0.15, 0.2) is 0 Å². The van der Waals surface area contributed by atoms with E-state index in [-0.39, 0.29) is 6.61 Å². The summed E-state index contributed by atoms with van der Waals surface area (Å²) in [7, 11) is 0. The number of anilines is 1. The standard InChI is InChI=1S/C18H23FN4O/c1-12-7-14(9-23-17(12)24-11-18(3,4)19)8-21-10-15-13(2)22-6-5-16(15)20/h5-7,9-10H,8,11H2,1-4H3,(H2,20,22). The predicted molar refractivity (Wildman–Crippen MR) is 94.3 cm³/mol. The fourth-order valence-electron chi connectivity index (χ4n) is 2.11. The third-order valence-corrected chi connectivity index (χ3v) is 3.36. The molecule has 2 rings (SSSR count). The summed E-state index contributed by atoms with van der Waals surface area (Å²) in [6, 6.07) is 3.68. The molecule has 0 aromatic carbocycles. The summed E-state index contributed by atoms with van der Waals surface area (Å²) in [5, 5.41) is 0. The van der Waals surface area contributed by atoms with Gasteiger partial charge < -0.3 is 10.5 Å². The Morgan fingerprint density at radius 3 is 2.71 bits per heavy atom. The average Bonchev–Trinajstić information content (AvgIpc) is 2.48. The topological polar surface area (TPSA) is 73.4 Å². The Hall–Kier alpha value is -2.50. The van der Waals surface area contributed by atoms with Gasteiger partial charge in [-0.2, -0.15) is 0 Å². The largest absolute Gasteiger partial charge is 0.474 e. The first-order chi connectivity index (χ1) is 11.3. The lowest BCUT2D eigenvalue weighted by molar-refractivity contribution is 0.117. The lowest BCUT2D eigenvalue weighted by Crippen LogP contribution is -2.23. The van der Waals surface area contributed by atoms with Crippen molar-refractivity contribution in [3.63, 3.8) is 0 Å². The quantitative estimate of drug-likeness (QED) is 0.824. The Labute approximate surface area is 141 Å². The zero-order valence-corrected chi connectivity index (χ0v) is 14.5. The van der Waals surface area contributed by atoms with Crippen LogP contribution < -0.4 is 10.5 Å². The van der Waals surface area contributed by atoms with E-state index in [2.05, 4.69) is 15.0 Å². The van der Waals surface area contributed by atoms with E-state index < -0.39 is 5.67 Å². The second kappa shape index (κ2) is 7.38. The Morgan fingerprint density at radius 2 is 2.08 bits per heavy atom. The molecule has 5 nitrogen and oxygen atoms in total. The maximum Gasteiger partial charge on any atom is 0.216 e. The molecule has 0 amide bonds. The van der Waals surface area contributed by atoms with Gasteiger partial charge in [0.2, 0.25) is 5.88 Å². The number of hydrogen-bond donors (Lipinski definition) is 1. The highest BCUT2D eigenvalue weighted by molar-refractivity contribution is 5.87. The molecule has 0 bridgehead atoms. The summed E-state index contributed by atoms with van der Waals surface area (Å²) in [5.41, 5.74) is 8.64. The van der Waals surface area contributed by atoms with Crippen LogP contribution >= 0.6 is 0 Å². The van der Waals surface area contributed by atoms with Gasteiger partial charge in [-0.15, -0.1) is 0 Å². The van der Waals surface area contributed by atoms with Crippen LogP contribution in [0.25, 0.3) is 0 Å². The SMILES string of the molecule is Cc1cc(CN=Cc2c(N)ccnc2C)cnc1OCC(C)(C)F. The van der Waals surface area contributed by atoms with Crippen molar-refractivity contribution in [2.45, 2.75) is 39.9 Å². The third-order valence-electron chi connectivity index (χ3n) is 3.36. The fourth-order valence-corrected chi connectivity index (χ4v) is 2.11. The van der Waals surface area contributed by atoms with Crippen molar-refractivity contribution >= 4 is 11.9 Å². The predicted octanol–water partition coefficient (Wildman–Crippen LogP) is 3.42. The minimum absolute atomic E-state index is 0.0299. The first-order valence-electron chi connectivity index (χ1n) is 7.74. The van der Waals surface area contributed by atoms with Crippen LogP contribution in [0.1, 0.15) is 36.2 Å². The molecule has 2 heterocycles. The molecule has 0 spiro atoms. The van der Waals surface area contributed by atoms with E-state index in [0.717, 1.165) is 22.4 Å². The molecule has 2 aromatic rings. The number of nitrogens with zero attached hydrogens (tertiary/aromatic N) is 3. The number of nitrogen functional groups attached to an aromatic ring is 1. The van der Waals surface area contributed by atoms with Crippen LogP contribution in [0, 0.1) is 13.8 Å². The molecule has 0 aliphatic carbocycles. The number of aliphatic imine (C=N–C) groups is 1. The van der Waals surface area contributed by atoms with Gasteiger partial charge in [-0.25, -0.2) is 9.37 Å². The van der Waals surface area contributed by atoms with Gasteiger partial charge in [-0.1, -0.05) is 0 Å². The molecule has 0 saturated heterocycles. The van der Waals surface area contributed by atoms with Gasteiger partial charge in [-0.3, -0.25) is 9.98 Å². The van der Waals surface area contributed by atoms with E-state index in [1.54, 1.807) is 24.7 Å². The molecule has 24 heavy (non-hydrogen) atoms. The number of aryl methyl sites for hydroxylation is 2. The number of nitrogens with two attached hydrogens (primary N) is 1. The summed E-state index contributed by atoms with van der Waals surface area (Å²) in [6.45, 7) is 7.15. The van der Waals surface area contributed by atoms with Gasteiger partial charge in [-0.05, 0) is 45.4 Å². The summed E-state index contributed by atoms with van der Waals surface area (Å²) >= 11 is 0. The van der Waals surface area contributed by atoms with Crippen LogP contribution in [0.4, 0.5) is 10.1 Å².